The highest BCUT2D eigenvalue weighted by molar-refractivity contribution is 8.11. The van der Waals surface area contributed by atoms with Gasteiger partial charge in [-0.15, -0.1) is 12.6 Å². The second-order valence-electron chi connectivity index (χ2n) is 3.17. The van der Waals surface area contributed by atoms with Gasteiger partial charge >= 0.3 is 0 Å². The first-order valence-corrected chi connectivity index (χ1v) is 5.38. The second kappa shape index (κ2) is 4.21. The van der Waals surface area contributed by atoms with Gasteiger partial charge in [0.1, 0.15) is 5.75 Å². The summed E-state index contributed by atoms with van der Waals surface area (Å²) in [5.41, 5.74) is 0.977. The summed E-state index contributed by atoms with van der Waals surface area (Å²) in [5.74, 6) is 0.860. The van der Waals surface area contributed by atoms with Crippen LogP contribution in [0, 0.1) is 0 Å². The Bertz CT molecular complexity index is 520. The first kappa shape index (κ1) is 10.5. The lowest BCUT2D eigenvalue weighted by Crippen LogP contribution is -1.92. The maximum absolute atomic E-state index is 5.29. The number of benzene rings is 2. The average Bonchev–Trinajstić information content (AvgIpc) is 2.27. The Labute approximate surface area is 99.5 Å². The van der Waals surface area contributed by atoms with Crippen molar-refractivity contribution in [1.82, 2.24) is 0 Å². The fourth-order valence-corrected chi connectivity index (χ4v) is 2.01. The third-order valence-electron chi connectivity index (χ3n) is 2.33. The predicted octanol–water partition coefficient (Wildman–Crippen LogP) is 3.45. The molecule has 0 N–H and O–H groups in total. The summed E-state index contributed by atoms with van der Waals surface area (Å²) in [5, 5.41) is 2.14. The van der Waals surface area contributed by atoms with Crippen molar-refractivity contribution >= 4 is 39.8 Å². The highest BCUT2D eigenvalue weighted by atomic mass is 32.1. The minimum atomic E-state index is 0.605. The minimum Gasteiger partial charge on any atom is -0.496 e. The average molecular weight is 234 g/mol. The number of thiocarbonyl (C=S) groups is 1. The summed E-state index contributed by atoms with van der Waals surface area (Å²) in [6, 6.07) is 11.9. The molecule has 2 aromatic rings. The van der Waals surface area contributed by atoms with Crippen LogP contribution < -0.4 is 4.74 Å². The van der Waals surface area contributed by atoms with Crippen LogP contribution >= 0.6 is 24.8 Å². The molecule has 0 aliphatic heterocycles. The van der Waals surface area contributed by atoms with Crippen LogP contribution in [-0.2, 0) is 0 Å². The van der Waals surface area contributed by atoms with Gasteiger partial charge in [-0.05, 0) is 17.5 Å². The molecule has 0 aromatic heterocycles. The molecule has 0 unspecified atom stereocenters. The molecule has 1 nitrogen and oxygen atoms in total. The van der Waals surface area contributed by atoms with Gasteiger partial charge in [-0.1, -0.05) is 36.5 Å². The standard InChI is InChI=1S/C12H10OS2/c1-13-11-7-6-10(12(14)15)8-4-2-3-5-9(8)11/h2-7H,1H3,(H,14,15). The van der Waals surface area contributed by atoms with Crippen molar-refractivity contribution in [3.05, 3.63) is 42.0 Å². The Morgan fingerprint density at radius 2 is 1.80 bits per heavy atom. The molecule has 0 spiro atoms. The van der Waals surface area contributed by atoms with E-state index in [0.29, 0.717) is 4.20 Å². The molecule has 0 bridgehead atoms. The third-order valence-corrected chi connectivity index (χ3v) is 2.80. The molecule has 0 aliphatic carbocycles. The van der Waals surface area contributed by atoms with Gasteiger partial charge in [0.05, 0.1) is 11.3 Å². The molecule has 0 saturated heterocycles. The summed E-state index contributed by atoms with van der Waals surface area (Å²) in [4.78, 5) is 0. The summed E-state index contributed by atoms with van der Waals surface area (Å²) in [6.07, 6.45) is 0. The number of hydrogen-bond acceptors (Lipinski definition) is 2. The molecular formula is C12H10OS2. The molecule has 0 heterocycles. The quantitative estimate of drug-likeness (QED) is 0.629. The van der Waals surface area contributed by atoms with Crippen LogP contribution in [0.3, 0.4) is 0 Å². The third kappa shape index (κ3) is 1.85. The Morgan fingerprint density at radius 1 is 1.13 bits per heavy atom. The maximum Gasteiger partial charge on any atom is 0.126 e. The fraction of sp³-hybridized carbons (Fsp3) is 0.0833. The van der Waals surface area contributed by atoms with Crippen molar-refractivity contribution in [3.8, 4) is 5.75 Å². The van der Waals surface area contributed by atoms with Gasteiger partial charge < -0.3 is 4.74 Å². The van der Waals surface area contributed by atoms with E-state index in [1.165, 1.54) is 0 Å². The first-order valence-electron chi connectivity index (χ1n) is 4.53. The number of rotatable bonds is 2. The molecular weight excluding hydrogens is 224 g/mol. The van der Waals surface area contributed by atoms with Gasteiger partial charge in [-0.3, -0.25) is 0 Å². The normalized spacial score (nSPS) is 10.3. The van der Waals surface area contributed by atoms with Gasteiger partial charge in [0, 0.05) is 10.9 Å². The summed E-state index contributed by atoms with van der Waals surface area (Å²) >= 11 is 9.31. The van der Waals surface area contributed by atoms with Crippen molar-refractivity contribution in [3.63, 3.8) is 0 Å². The summed E-state index contributed by atoms with van der Waals surface area (Å²) in [6.45, 7) is 0. The van der Waals surface area contributed by atoms with E-state index < -0.39 is 0 Å². The lowest BCUT2D eigenvalue weighted by atomic mass is 10.0. The minimum absolute atomic E-state index is 0.605. The van der Waals surface area contributed by atoms with E-state index >= 15 is 0 Å². The fourth-order valence-electron chi connectivity index (χ4n) is 1.64. The SMILES string of the molecule is COc1ccc(C(=S)S)c2ccccc12. The largest absolute Gasteiger partial charge is 0.496 e. The Kier molecular flexibility index (Phi) is 2.93. The van der Waals surface area contributed by atoms with Crippen molar-refractivity contribution in [2.75, 3.05) is 7.11 Å². The molecule has 2 aromatic carbocycles. The monoisotopic (exact) mass is 234 g/mol. The number of fused-ring (bicyclic) bond motifs is 1. The van der Waals surface area contributed by atoms with E-state index in [-0.39, 0.29) is 0 Å². The highest BCUT2D eigenvalue weighted by Crippen LogP contribution is 2.29. The Balaban J connectivity index is 2.83. The van der Waals surface area contributed by atoms with Gasteiger partial charge in [0.2, 0.25) is 0 Å². The van der Waals surface area contributed by atoms with E-state index in [4.69, 9.17) is 17.0 Å². The van der Waals surface area contributed by atoms with Crippen LogP contribution in [0.2, 0.25) is 0 Å². The molecule has 0 radical (unpaired) electrons. The van der Waals surface area contributed by atoms with Crippen molar-refractivity contribution in [1.29, 1.82) is 0 Å². The Morgan fingerprint density at radius 3 is 2.40 bits per heavy atom. The van der Waals surface area contributed by atoms with E-state index in [2.05, 4.69) is 12.6 Å². The van der Waals surface area contributed by atoms with Crippen LogP contribution in [0.1, 0.15) is 5.56 Å². The molecule has 76 valence electrons. The topological polar surface area (TPSA) is 9.23 Å². The predicted molar refractivity (Wildman–Crippen MR) is 71.2 cm³/mol. The van der Waals surface area contributed by atoms with E-state index in [9.17, 15) is 0 Å². The van der Waals surface area contributed by atoms with Crippen LogP contribution in [-0.4, -0.2) is 11.3 Å². The van der Waals surface area contributed by atoms with Gasteiger partial charge in [0.15, 0.2) is 0 Å². The number of methoxy groups -OCH3 is 1. The molecule has 0 aliphatic rings. The number of hydrogen-bond donors (Lipinski definition) is 1. The molecule has 0 atom stereocenters. The molecule has 3 heteroatoms. The summed E-state index contributed by atoms with van der Waals surface area (Å²) < 4.78 is 5.90. The van der Waals surface area contributed by atoms with Crippen LogP contribution in [0.4, 0.5) is 0 Å². The number of ether oxygens (including phenoxy) is 1. The second-order valence-corrected chi connectivity index (χ2v) is 4.32. The molecule has 0 fully saturated rings. The van der Waals surface area contributed by atoms with Crippen LogP contribution in [0.25, 0.3) is 10.8 Å². The Hall–Kier alpha value is -1.06. The van der Waals surface area contributed by atoms with E-state index in [0.717, 1.165) is 22.1 Å². The zero-order chi connectivity index (χ0) is 10.8. The van der Waals surface area contributed by atoms with Crippen molar-refractivity contribution in [2.24, 2.45) is 0 Å². The highest BCUT2D eigenvalue weighted by Gasteiger charge is 2.06. The van der Waals surface area contributed by atoms with Crippen molar-refractivity contribution < 1.29 is 4.74 Å². The summed E-state index contributed by atoms with van der Waals surface area (Å²) in [7, 11) is 1.67. The number of thiol groups is 1. The molecule has 15 heavy (non-hydrogen) atoms. The van der Waals surface area contributed by atoms with E-state index in [1.807, 2.05) is 36.4 Å². The zero-order valence-corrected chi connectivity index (χ0v) is 9.94. The molecule has 0 saturated carbocycles. The molecule has 2 rings (SSSR count). The lowest BCUT2D eigenvalue weighted by Gasteiger charge is -2.08. The van der Waals surface area contributed by atoms with Crippen molar-refractivity contribution in [2.45, 2.75) is 0 Å². The van der Waals surface area contributed by atoms with Crippen LogP contribution in [0.15, 0.2) is 36.4 Å². The van der Waals surface area contributed by atoms with Gasteiger partial charge in [-0.25, -0.2) is 0 Å². The smallest absolute Gasteiger partial charge is 0.126 e. The first-order chi connectivity index (χ1) is 7.24. The lowest BCUT2D eigenvalue weighted by molar-refractivity contribution is 0.420. The molecule has 0 amide bonds. The van der Waals surface area contributed by atoms with E-state index in [1.54, 1.807) is 7.11 Å². The van der Waals surface area contributed by atoms with Gasteiger partial charge in [-0.2, -0.15) is 0 Å². The zero-order valence-electron chi connectivity index (χ0n) is 8.23. The van der Waals surface area contributed by atoms with Crippen LogP contribution in [0.5, 0.6) is 5.75 Å². The van der Waals surface area contributed by atoms with Gasteiger partial charge in [0.25, 0.3) is 0 Å². The maximum atomic E-state index is 5.29.